The Kier molecular flexibility index (Phi) is 18.8. The summed E-state index contributed by atoms with van der Waals surface area (Å²) in [6.45, 7) is 0. The van der Waals surface area contributed by atoms with E-state index in [9.17, 15) is 0 Å². The van der Waals surface area contributed by atoms with E-state index in [0.29, 0.717) is 34.9 Å². The van der Waals surface area contributed by atoms with Crippen molar-refractivity contribution in [2.24, 2.45) is 0 Å². The fourth-order valence-electron chi connectivity index (χ4n) is 16.4. The SMILES string of the molecule is c1ccc(-c2ccc(-c3nc(-c4ccccc4)nc(-c4ccc(-c5cccc(-c6ccc(-c7ccc8ccc9c%10ccccc%10ccc9c8n7)cc6)c5)cc4)n3)cc2)cc1.c1ccc(-c2ccc(-c3nc(-c4ccccc4)nc(-c4ccc(-c5cccc(-c6ccc(-c7nc8ccccc8c8ccc9ccccc9c78)cc6)c5)cc4)n3)cc2)cc1. The molecular weight excluding hydrogens is 1460 g/mol. The normalized spacial score (nSPS) is 11.3. The maximum absolute atomic E-state index is 5.25. The third kappa shape index (κ3) is 14.3. The van der Waals surface area contributed by atoms with Gasteiger partial charge in [0, 0.05) is 66.1 Å². The van der Waals surface area contributed by atoms with E-state index in [-0.39, 0.29) is 0 Å². The van der Waals surface area contributed by atoms with Crippen molar-refractivity contribution >= 4 is 64.9 Å². The highest BCUT2D eigenvalue weighted by atomic mass is 15.0. The molecule has 8 nitrogen and oxygen atoms in total. The second kappa shape index (κ2) is 31.6. The lowest BCUT2D eigenvalue weighted by Crippen LogP contribution is -2.00. The summed E-state index contributed by atoms with van der Waals surface area (Å²) in [7, 11) is 0. The third-order valence-corrected chi connectivity index (χ3v) is 22.7. The molecule has 0 bridgehead atoms. The average Bonchev–Trinajstić information content (AvgIpc) is 0.754. The van der Waals surface area contributed by atoms with Gasteiger partial charge < -0.3 is 0 Å². The Hall–Kier alpha value is -16.2. The predicted octanol–water partition coefficient (Wildman–Crippen LogP) is 28.8. The molecule has 0 aliphatic heterocycles. The van der Waals surface area contributed by atoms with Gasteiger partial charge in [-0.15, -0.1) is 0 Å². The van der Waals surface area contributed by atoms with Gasteiger partial charge >= 0.3 is 0 Å². The first-order valence-corrected chi connectivity index (χ1v) is 40.4. The number of aromatic nitrogens is 8. The number of rotatable bonds is 14. The van der Waals surface area contributed by atoms with Crippen LogP contribution in [0.5, 0.6) is 0 Å². The molecule has 22 aromatic rings. The van der Waals surface area contributed by atoms with Crippen LogP contribution in [0.2, 0.25) is 0 Å². The molecule has 22 rings (SSSR count). The summed E-state index contributed by atoms with van der Waals surface area (Å²) in [4.78, 5) is 40.3. The number of para-hydroxylation sites is 1. The number of hydrogen-bond donors (Lipinski definition) is 0. The van der Waals surface area contributed by atoms with Gasteiger partial charge in [0.25, 0.3) is 0 Å². The lowest BCUT2D eigenvalue weighted by Gasteiger charge is -2.13. The molecule has 4 heterocycles. The highest BCUT2D eigenvalue weighted by Crippen LogP contribution is 2.41. The fraction of sp³-hybridized carbons (Fsp3) is 0. The molecule has 0 fully saturated rings. The van der Waals surface area contributed by atoms with Crippen molar-refractivity contribution in [3.8, 4) is 158 Å². The standard InChI is InChI=1S/2C56H36N4/c1-3-12-37(13-4-1)38-24-30-44(31-25-38)55-58-54(43-15-5-2-6-16-43)59-56(60-55)45-32-26-40(27-33-45)47-18-11-17-46(36-47)39-22-28-42(29-23-39)53-52-48-19-8-7-14-41(48)34-35-50(52)49-20-9-10-21-51(49)57-53;1-3-10-37(11-4-1)38-20-26-45(27-21-38)55-58-54(44-13-5-2-6-14-44)59-56(60-55)46-28-22-40(23-29-46)48-16-9-15-47(36-48)39-18-24-42(25-19-39)52-35-32-43-31-33-50-49-17-8-7-12-41(49)30-34-51(50)53(43)57-52/h2*1-36H. The van der Waals surface area contributed by atoms with Gasteiger partial charge in [-0.2, -0.15) is 0 Å². The molecule has 8 heteroatoms. The molecule has 0 atom stereocenters. The number of hydrogen-bond acceptors (Lipinski definition) is 8. The van der Waals surface area contributed by atoms with E-state index in [1.54, 1.807) is 0 Å². The van der Waals surface area contributed by atoms with Crippen molar-refractivity contribution in [3.63, 3.8) is 0 Å². The Morgan fingerprint density at radius 1 is 0.133 bits per heavy atom. The van der Waals surface area contributed by atoms with Gasteiger partial charge in [0.05, 0.1) is 22.4 Å². The van der Waals surface area contributed by atoms with Crippen LogP contribution in [0.4, 0.5) is 0 Å². The number of fused-ring (bicyclic) bond motifs is 10. The van der Waals surface area contributed by atoms with Crippen LogP contribution >= 0.6 is 0 Å². The maximum atomic E-state index is 5.25. The summed E-state index contributed by atoms with van der Waals surface area (Å²) in [5.41, 5.74) is 25.5. The van der Waals surface area contributed by atoms with E-state index in [1.165, 1.54) is 59.6 Å². The number of benzene rings is 18. The molecular formula is C112H72N8. The van der Waals surface area contributed by atoms with Crippen molar-refractivity contribution in [2.75, 3.05) is 0 Å². The van der Waals surface area contributed by atoms with Crippen LogP contribution in [-0.4, -0.2) is 39.9 Å². The Bertz CT molecular complexity index is 7550. The minimum Gasteiger partial charge on any atom is -0.247 e. The minimum absolute atomic E-state index is 0.632. The highest BCUT2D eigenvalue weighted by Gasteiger charge is 2.19. The first kappa shape index (κ1) is 71.6. The van der Waals surface area contributed by atoms with Gasteiger partial charge in [0.1, 0.15) is 0 Å². The van der Waals surface area contributed by atoms with Gasteiger partial charge in [-0.25, -0.2) is 39.9 Å². The molecule has 0 aliphatic rings. The average molecular weight is 1530 g/mol. The van der Waals surface area contributed by atoms with Crippen molar-refractivity contribution in [3.05, 3.63) is 437 Å². The molecule has 0 spiro atoms. The summed E-state index contributed by atoms with van der Waals surface area (Å²) in [6, 6.07) is 153. The summed E-state index contributed by atoms with van der Waals surface area (Å²) in [6.07, 6.45) is 0. The lowest BCUT2D eigenvalue weighted by molar-refractivity contribution is 1.07. The van der Waals surface area contributed by atoms with Crippen LogP contribution in [0.15, 0.2) is 437 Å². The van der Waals surface area contributed by atoms with Crippen molar-refractivity contribution < 1.29 is 0 Å². The molecule has 0 N–H and O–H groups in total. The van der Waals surface area contributed by atoms with Gasteiger partial charge in [-0.3, -0.25) is 0 Å². The van der Waals surface area contributed by atoms with Crippen LogP contribution < -0.4 is 0 Å². The summed E-state index contributed by atoms with van der Waals surface area (Å²) in [5.74, 6) is 3.83. The summed E-state index contributed by atoms with van der Waals surface area (Å²) < 4.78 is 0. The Balaban J connectivity index is 0.000000148. The molecule has 0 aliphatic carbocycles. The Morgan fingerprint density at radius 3 is 0.850 bits per heavy atom. The fourth-order valence-corrected chi connectivity index (χ4v) is 16.4. The van der Waals surface area contributed by atoms with E-state index in [1.807, 2.05) is 72.8 Å². The van der Waals surface area contributed by atoms with E-state index < -0.39 is 0 Å². The smallest absolute Gasteiger partial charge is 0.164 e. The predicted molar refractivity (Wildman–Crippen MR) is 496 cm³/mol. The van der Waals surface area contributed by atoms with Crippen molar-refractivity contribution in [1.29, 1.82) is 0 Å². The van der Waals surface area contributed by atoms with Crippen LogP contribution in [0, 0.1) is 0 Å². The van der Waals surface area contributed by atoms with Crippen molar-refractivity contribution in [2.45, 2.75) is 0 Å². The molecule has 0 amide bonds. The molecule has 560 valence electrons. The third-order valence-electron chi connectivity index (χ3n) is 22.7. The minimum atomic E-state index is 0.632. The zero-order valence-electron chi connectivity index (χ0n) is 65.1. The molecule has 18 aromatic carbocycles. The molecule has 120 heavy (non-hydrogen) atoms. The second-order valence-electron chi connectivity index (χ2n) is 30.1. The molecule has 0 radical (unpaired) electrons. The van der Waals surface area contributed by atoms with E-state index in [4.69, 9.17) is 39.9 Å². The second-order valence-corrected chi connectivity index (χ2v) is 30.1. The Morgan fingerprint density at radius 2 is 0.417 bits per heavy atom. The largest absolute Gasteiger partial charge is 0.247 e. The van der Waals surface area contributed by atoms with E-state index in [0.717, 1.165) is 128 Å². The van der Waals surface area contributed by atoms with E-state index in [2.05, 4.69) is 364 Å². The summed E-state index contributed by atoms with van der Waals surface area (Å²) in [5, 5.41) is 12.0. The monoisotopic (exact) mass is 1530 g/mol. The van der Waals surface area contributed by atoms with E-state index >= 15 is 0 Å². The summed E-state index contributed by atoms with van der Waals surface area (Å²) >= 11 is 0. The maximum Gasteiger partial charge on any atom is 0.164 e. The first-order chi connectivity index (χ1) is 59.4. The van der Waals surface area contributed by atoms with Gasteiger partial charge in [-0.1, -0.05) is 413 Å². The molecule has 4 aromatic heterocycles. The van der Waals surface area contributed by atoms with Gasteiger partial charge in [-0.05, 0) is 123 Å². The van der Waals surface area contributed by atoms with Gasteiger partial charge in [0.2, 0.25) is 0 Å². The van der Waals surface area contributed by atoms with Crippen LogP contribution in [0.1, 0.15) is 0 Å². The topological polar surface area (TPSA) is 103 Å². The number of nitrogens with zero attached hydrogens (tertiary/aromatic N) is 8. The molecule has 0 unspecified atom stereocenters. The quantitative estimate of drug-likeness (QED) is 0.0992. The number of pyridine rings is 2. The van der Waals surface area contributed by atoms with Crippen LogP contribution in [0.3, 0.4) is 0 Å². The zero-order valence-corrected chi connectivity index (χ0v) is 65.1. The van der Waals surface area contributed by atoms with Crippen LogP contribution in [0.25, 0.3) is 222 Å². The first-order valence-electron chi connectivity index (χ1n) is 40.4. The Labute approximate surface area is 694 Å². The molecule has 0 saturated carbocycles. The zero-order chi connectivity index (χ0) is 79.7. The van der Waals surface area contributed by atoms with Gasteiger partial charge in [0.15, 0.2) is 34.9 Å². The molecule has 0 saturated heterocycles. The highest BCUT2D eigenvalue weighted by molar-refractivity contribution is 6.21. The van der Waals surface area contributed by atoms with Crippen molar-refractivity contribution in [1.82, 2.24) is 39.9 Å². The van der Waals surface area contributed by atoms with Crippen LogP contribution in [-0.2, 0) is 0 Å². The lowest BCUT2D eigenvalue weighted by atomic mass is 9.94.